The lowest BCUT2D eigenvalue weighted by molar-refractivity contribution is 0.794. The first-order valence-corrected chi connectivity index (χ1v) is 16.2. The Balaban J connectivity index is 1.17. The van der Waals surface area contributed by atoms with Crippen LogP contribution in [0.1, 0.15) is 22.3 Å². The summed E-state index contributed by atoms with van der Waals surface area (Å²) in [7, 11) is 0. The standard InChI is InChI=1S/C45H28N2/c1-2-13-29(14-3-1)43-37-20-7-11-24-42(37)46-44(47-43)32-16-12-15-30(27-32)31-25-26-36-35-19-6-10-23-40(35)45(41(36)28-31)38-21-8-4-17-33(38)34-18-5-9-22-39(34)45/h1-28H. The molecule has 0 saturated carbocycles. The first kappa shape index (κ1) is 26.1. The van der Waals surface area contributed by atoms with E-state index < -0.39 is 0 Å². The fourth-order valence-electron chi connectivity index (χ4n) is 8.13. The van der Waals surface area contributed by atoms with Crippen LogP contribution in [0.25, 0.3) is 66.9 Å². The van der Waals surface area contributed by atoms with Crippen molar-refractivity contribution in [2.75, 3.05) is 0 Å². The van der Waals surface area contributed by atoms with Crippen LogP contribution < -0.4 is 0 Å². The SMILES string of the molecule is c1ccc(-c2nc(-c3cccc(-c4ccc5c(c4)C4(c6ccccc6-c6ccccc64)c4ccccc4-5)c3)nc3ccccc23)cc1. The molecule has 0 bridgehead atoms. The van der Waals surface area contributed by atoms with Crippen molar-refractivity contribution in [2.45, 2.75) is 5.41 Å². The molecular weight excluding hydrogens is 569 g/mol. The van der Waals surface area contributed by atoms with Crippen LogP contribution in [-0.4, -0.2) is 9.97 Å². The summed E-state index contributed by atoms with van der Waals surface area (Å²) in [6, 6.07) is 61.3. The van der Waals surface area contributed by atoms with Crippen LogP contribution in [0.5, 0.6) is 0 Å². The summed E-state index contributed by atoms with van der Waals surface area (Å²) in [6.45, 7) is 0. The highest BCUT2D eigenvalue weighted by Gasteiger charge is 2.51. The maximum Gasteiger partial charge on any atom is 0.160 e. The average molecular weight is 597 g/mol. The fourth-order valence-corrected chi connectivity index (χ4v) is 8.13. The van der Waals surface area contributed by atoms with Crippen LogP contribution in [0, 0.1) is 0 Å². The van der Waals surface area contributed by atoms with Gasteiger partial charge < -0.3 is 0 Å². The van der Waals surface area contributed by atoms with Gasteiger partial charge in [0, 0.05) is 16.5 Å². The van der Waals surface area contributed by atoms with Gasteiger partial charge in [-0.1, -0.05) is 152 Å². The summed E-state index contributed by atoms with van der Waals surface area (Å²) in [6.07, 6.45) is 0. The van der Waals surface area contributed by atoms with Crippen molar-refractivity contribution in [3.05, 3.63) is 192 Å². The smallest absolute Gasteiger partial charge is 0.160 e. The van der Waals surface area contributed by atoms with E-state index >= 15 is 0 Å². The number of aromatic nitrogens is 2. The van der Waals surface area contributed by atoms with Crippen LogP contribution in [0.2, 0.25) is 0 Å². The second-order valence-electron chi connectivity index (χ2n) is 12.5. The summed E-state index contributed by atoms with van der Waals surface area (Å²) in [5, 5.41) is 1.05. The van der Waals surface area contributed by atoms with Gasteiger partial charge in [0.15, 0.2) is 5.82 Å². The lowest BCUT2D eigenvalue weighted by atomic mass is 9.70. The Morgan fingerprint density at radius 2 is 0.872 bits per heavy atom. The molecule has 0 amide bonds. The first-order valence-electron chi connectivity index (χ1n) is 16.2. The van der Waals surface area contributed by atoms with Gasteiger partial charge in [-0.05, 0) is 73.8 Å². The highest BCUT2D eigenvalue weighted by atomic mass is 14.9. The highest BCUT2D eigenvalue weighted by molar-refractivity contribution is 5.96. The molecule has 0 radical (unpaired) electrons. The minimum absolute atomic E-state index is 0.362. The summed E-state index contributed by atoms with van der Waals surface area (Å²) in [4.78, 5) is 10.2. The number of para-hydroxylation sites is 1. The summed E-state index contributed by atoms with van der Waals surface area (Å²) < 4.78 is 0. The third-order valence-electron chi connectivity index (χ3n) is 10.1. The number of hydrogen-bond acceptors (Lipinski definition) is 2. The highest BCUT2D eigenvalue weighted by Crippen LogP contribution is 2.63. The third kappa shape index (κ3) is 3.67. The predicted octanol–water partition coefficient (Wildman–Crippen LogP) is 11.0. The molecule has 0 saturated heterocycles. The van der Waals surface area contributed by atoms with Crippen molar-refractivity contribution < 1.29 is 0 Å². The Morgan fingerprint density at radius 3 is 1.57 bits per heavy atom. The predicted molar refractivity (Wildman–Crippen MR) is 192 cm³/mol. The van der Waals surface area contributed by atoms with Crippen LogP contribution in [0.15, 0.2) is 170 Å². The van der Waals surface area contributed by atoms with Crippen LogP contribution in [-0.2, 0) is 5.41 Å². The summed E-state index contributed by atoms with van der Waals surface area (Å²) in [5.74, 6) is 0.730. The molecule has 1 spiro atoms. The van der Waals surface area contributed by atoms with Gasteiger partial charge >= 0.3 is 0 Å². The molecule has 0 atom stereocenters. The maximum atomic E-state index is 5.16. The van der Waals surface area contributed by atoms with E-state index in [0.29, 0.717) is 0 Å². The van der Waals surface area contributed by atoms with Gasteiger partial charge in [0.05, 0.1) is 16.6 Å². The molecular formula is C45H28N2. The zero-order chi connectivity index (χ0) is 31.0. The fraction of sp³-hybridized carbons (Fsp3) is 0.0222. The quantitative estimate of drug-likeness (QED) is 0.203. The minimum Gasteiger partial charge on any atom is -0.228 e. The second-order valence-corrected chi connectivity index (χ2v) is 12.5. The normalized spacial score (nSPS) is 13.3. The van der Waals surface area contributed by atoms with E-state index in [-0.39, 0.29) is 5.41 Å². The Bertz CT molecular complexity index is 2460. The van der Waals surface area contributed by atoms with Crippen molar-refractivity contribution in [1.29, 1.82) is 0 Å². The number of hydrogen-bond donors (Lipinski definition) is 0. The molecule has 47 heavy (non-hydrogen) atoms. The number of nitrogens with zero attached hydrogens (tertiary/aromatic N) is 2. The summed E-state index contributed by atoms with van der Waals surface area (Å²) in [5.41, 5.74) is 16.6. The van der Waals surface area contributed by atoms with Crippen molar-refractivity contribution in [3.8, 4) is 56.0 Å². The van der Waals surface area contributed by atoms with Crippen LogP contribution in [0.3, 0.4) is 0 Å². The van der Waals surface area contributed by atoms with Crippen molar-refractivity contribution in [2.24, 2.45) is 0 Å². The van der Waals surface area contributed by atoms with Crippen LogP contribution in [0.4, 0.5) is 0 Å². The Morgan fingerprint density at radius 1 is 0.340 bits per heavy atom. The zero-order valence-electron chi connectivity index (χ0n) is 25.6. The molecule has 1 heterocycles. The number of fused-ring (bicyclic) bond motifs is 11. The Hall–Kier alpha value is -6.12. The average Bonchev–Trinajstić information content (AvgIpc) is 3.62. The molecule has 2 aliphatic carbocycles. The zero-order valence-corrected chi connectivity index (χ0v) is 25.6. The van der Waals surface area contributed by atoms with Gasteiger partial charge in [0.25, 0.3) is 0 Å². The Labute approximate surface area is 273 Å². The van der Waals surface area contributed by atoms with Gasteiger partial charge in [0.1, 0.15) is 0 Å². The molecule has 8 aromatic rings. The van der Waals surface area contributed by atoms with E-state index in [1.165, 1.54) is 50.1 Å². The molecule has 0 fully saturated rings. The second kappa shape index (κ2) is 9.94. The van der Waals surface area contributed by atoms with Gasteiger partial charge in [-0.15, -0.1) is 0 Å². The lowest BCUT2D eigenvalue weighted by Gasteiger charge is -2.30. The van der Waals surface area contributed by atoms with Gasteiger partial charge in [-0.25, -0.2) is 9.97 Å². The molecule has 2 aliphatic rings. The molecule has 218 valence electrons. The van der Waals surface area contributed by atoms with E-state index in [9.17, 15) is 0 Å². The molecule has 0 unspecified atom stereocenters. The molecule has 10 rings (SSSR count). The van der Waals surface area contributed by atoms with Crippen molar-refractivity contribution in [1.82, 2.24) is 9.97 Å². The molecule has 2 nitrogen and oxygen atoms in total. The van der Waals surface area contributed by atoms with Gasteiger partial charge in [0.2, 0.25) is 0 Å². The molecule has 2 heteroatoms. The topological polar surface area (TPSA) is 25.8 Å². The van der Waals surface area contributed by atoms with Crippen molar-refractivity contribution >= 4 is 10.9 Å². The molecule has 0 aliphatic heterocycles. The number of benzene rings is 7. The molecule has 7 aromatic carbocycles. The summed E-state index contributed by atoms with van der Waals surface area (Å²) >= 11 is 0. The maximum absolute atomic E-state index is 5.16. The third-order valence-corrected chi connectivity index (χ3v) is 10.1. The van der Waals surface area contributed by atoms with E-state index in [4.69, 9.17) is 9.97 Å². The first-order chi connectivity index (χ1) is 23.3. The largest absolute Gasteiger partial charge is 0.228 e. The van der Waals surface area contributed by atoms with E-state index in [1.807, 2.05) is 12.1 Å². The van der Waals surface area contributed by atoms with Gasteiger partial charge in [-0.3, -0.25) is 0 Å². The van der Waals surface area contributed by atoms with E-state index in [0.717, 1.165) is 39.1 Å². The van der Waals surface area contributed by atoms with Crippen LogP contribution >= 0.6 is 0 Å². The van der Waals surface area contributed by atoms with Gasteiger partial charge in [-0.2, -0.15) is 0 Å². The minimum atomic E-state index is -0.362. The monoisotopic (exact) mass is 596 g/mol. The van der Waals surface area contributed by atoms with E-state index in [1.54, 1.807) is 0 Å². The lowest BCUT2D eigenvalue weighted by Crippen LogP contribution is -2.25. The number of rotatable bonds is 3. The molecule has 1 aromatic heterocycles. The van der Waals surface area contributed by atoms with Crippen molar-refractivity contribution in [3.63, 3.8) is 0 Å². The Kier molecular flexibility index (Phi) is 5.53. The van der Waals surface area contributed by atoms with E-state index in [2.05, 4.69) is 158 Å². The molecule has 0 N–H and O–H groups in total.